The summed E-state index contributed by atoms with van der Waals surface area (Å²) >= 11 is 5.51. The van der Waals surface area contributed by atoms with Crippen molar-refractivity contribution in [3.05, 3.63) is 66.0 Å². The van der Waals surface area contributed by atoms with Gasteiger partial charge in [-0.05, 0) is 66.9 Å². The Morgan fingerprint density at radius 3 is 2.81 bits per heavy atom. The predicted octanol–water partition coefficient (Wildman–Crippen LogP) is 3.73. The molecule has 1 fully saturated rings. The van der Waals surface area contributed by atoms with Crippen LogP contribution in [-0.4, -0.2) is 34.6 Å². The number of rotatable bonds is 4. The first-order valence-corrected chi connectivity index (χ1v) is 9.42. The minimum Gasteiger partial charge on any atom is -0.497 e. The van der Waals surface area contributed by atoms with Gasteiger partial charge in [0.2, 0.25) is 5.91 Å². The van der Waals surface area contributed by atoms with E-state index in [9.17, 15) is 4.79 Å². The molecule has 0 spiro atoms. The van der Waals surface area contributed by atoms with E-state index in [2.05, 4.69) is 21.3 Å². The molecule has 0 bridgehead atoms. The van der Waals surface area contributed by atoms with Crippen molar-refractivity contribution < 1.29 is 9.53 Å². The van der Waals surface area contributed by atoms with Gasteiger partial charge in [-0.3, -0.25) is 15.1 Å². The monoisotopic (exact) mass is 381 g/mol. The number of ether oxygens (including phenoxy) is 1. The van der Waals surface area contributed by atoms with Crippen molar-refractivity contribution in [2.45, 2.75) is 25.3 Å². The topological polar surface area (TPSA) is 54.5 Å². The van der Waals surface area contributed by atoms with Crippen LogP contribution < -0.4 is 10.1 Å². The van der Waals surface area contributed by atoms with Gasteiger partial charge in [-0.2, -0.15) is 0 Å². The van der Waals surface area contributed by atoms with Crippen LogP contribution in [0.15, 0.2) is 54.9 Å². The molecule has 1 aliphatic rings. The molecule has 0 aliphatic carbocycles. The lowest BCUT2D eigenvalue weighted by molar-refractivity contribution is -0.115. The number of carbonyl (C=O) groups is 1. The predicted molar refractivity (Wildman–Crippen MR) is 110 cm³/mol. The number of pyridine rings is 1. The number of carbonyl (C=O) groups excluding carboxylic acids is 1. The number of amides is 1. The Kier molecular flexibility index (Phi) is 6.54. The second kappa shape index (κ2) is 9.28. The molecule has 6 heteroatoms. The van der Waals surface area contributed by atoms with Crippen LogP contribution in [0.4, 0.5) is 0 Å². The molecule has 1 unspecified atom stereocenters. The molecule has 1 saturated heterocycles. The Labute approximate surface area is 165 Å². The van der Waals surface area contributed by atoms with Crippen LogP contribution in [0.5, 0.6) is 5.75 Å². The number of hydrogen-bond donors (Lipinski definition) is 1. The van der Waals surface area contributed by atoms with Gasteiger partial charge in [-0.1, -0.05) is 18.2 Å². The highest BCUT2D eigenvalue weighted by atomic mass is 32.1. The first-order valence-electron chi connectivity index (χ1n) is 9.01. The zero-order valence-corrected chi connectivity index (χ0v) is 16.1. The van der Waals surface area contributed by atoms with Crippen LogP contribution in [0.25, 0.3) is 6.08 Å². The number of piperidine rings is 1. The fourth-order valence-electron chi connectivity index (χ4n) is 3.20. The highest BCUT2D eigenvalue weighted by Gasteiger charge is 2.26. The Bertz CT molecular complexity index is 806. The van der Waals surface area contributed by atoms with Crippen molar-refractivity contribution in [1.29, 1.82) is 0 Å². The lowest BCUT2D eigenvalue weighted by Gasteiger charge is -2.37. The number of methoxy groups -OCH3 is 1. The van der Waals surface area contributed by atoms with Crippen LogP contribution in [0, 0.1) is 0 Å². The molecule has 5 nitrogen and oxygen atoms in total. The Morgan fingerprint density at radius 1 is 1.30 bits per heavy atom. The number of hydrogen-bond acceptors (Lipinski definition) is 4. The number of aromatic nitrogens is 1. The maximum Gasteiger partial charge on any atom is 0.250 e. The molecule has 0 saturated carbocycles. The quantitative estimate of drug-likeness (QED) is 0.646. The van der Waals surface area contributed by atoms with Crippen LogP contribution in [-0.2, 0) is 4.79 Å². The average molecular weight is 382 g/mol. The van der Waals surface area contributed by atoms with Crippen molar-refractivity contribution >= 4 is 29.3 Å². The minimum atomic E-state index is -0.230. The summed E-state index contributed by atoms with van der Waals surface area (Å²) < 4.78 is 5.13. The number of benzene rings is 1. The van der Waals surface area contributed by atoms with Crippen LogP contribution in [0.3, 0.4) is 0 Å². The number of nitrogens with zero attached hydrogens (tertiary/aromatic N) is 2. The Balaban J connectivity index is 1.62. The lowest BCUT2D eigenvalue weighted by atomic mass is 9.97. The van der Waals surface area contributed by atoms with Crippen molar-refractivity contribution in [3.8, 4) is 5.75 Å². The summed E-state index contributed by atoms with van der Waals surface area (Å²) in [6, 6.07) is 11.6. The maximum absolute atomic E-state index is 12.3. The zero-order valence-electron chi connectivity index (χ0n) is 15.3. The largest absolute Gasteiger partial charge is 0.497 e. The second-order valence-electron chi connectivity index (χ2n) is 6.39. The van der Waals surface area contributed by atoms with Crippen LogP contribution in [0.1, 0.15) is 36.4 Å². The van der Waals surface area contributed by atoms with Crippen molar-refractivity contribution in [3.63, 3.8) is 0 Å². The Morgan fingerprint density at radius 2 is 2.11 bits per heavy atom. The van der Waals surface area contributed by atoms with Gasteiger partial charge < -0.3 is 9.64 Å². The number of likely N-dealkylation sites (tertiary alicyclic amines) is 1. The van der Waals surface area contributed by atoms with Crippen molar-refractivity contribution in [2.75, 3.05) is 13.7 Å². The van der Waals surface area contributed by atoms with Gasteiger partial charge in [-0.15, -0.1) is 0 Å². The summed E-state index contributed by atoms with van der Waals surface area (Å²) in [5.41, 5.74) is 2.05. The van der Waals surface area contributed by atoms with E-state index in [1.165, 1.54) is 6.08 Å². The van der Waals surface area contributed by atoms with E-state index in [0.717, 1.165) is 42.7 Å². The third kappa shape index (κ3) is 5.14. The van der Waals surface area contributed by atoms with E-state index < -0.39 is 0 Å². The molecule has 1 aromatic heterocycles. The van der Waals surface area contributed by atoms with E-state index >= 15 is 0 Å². The SMILES string of the molecule is COc1ccc(/C=C/C(=O)NC(=S)N2CCCCC2c2cccnc2)cc1. The lowest BCUT2D eigenvalue weighted by Crippen LogP contribution is -2.46. The molecule has 1 aliphatic heterocycles. The van der Waals surface area contributed by atoms with Crippen molar-refractivity contribution in [2.24, 2.45) is 0 Å². The van der Waals surface area contributed by atoms with Gasteiger partial charge in [0, 0.05) is 25.0 Å². The fourth-order valence-corrected chi connectivity index (χ4v) is 3.52. The van der Waals surface area contributed by atoms with Gasteiger partial charge in [0.25, 0.3) is 0 Å². The van der Waals surface area contributed by atoms with Gasteiger partial charge in [-0.25, -0.2) is 0 Å². The summed E-state index contributed by atoms with van der Waals surface area (Å²) in [6.07, 6.45) is 10.1. The summed E-state index contributed by atoms with van der Waals surface area (Å²) in [6.45, 7) is 0.834. The fraction of sp³-hybridized carbons (Fsp3) is 0.286. The smallest absolute Gasteiger partial charge is 0.250 e. The highest BCUT2D eigenvalue weighted by Crippen LogP contribution is 2.30. The molecule has 140 valence electrons. The van der Waals surface area contributed by atoms with Gasteiger partial charge in [0.15, 0.2) is 5.11 Å². The normalized spacial score (nSPS) is 16.9. The summed E-state index contributed by atoms with van der Waals surface area (Å²) in [7, 11) is 1.62. The standard InChI is InChI=1S/C21H23N3O2S/c1-26-18-10-7-16(8-11-18)9-12-20(25)23-21(27)24-14-3-2-6-19(24)17-5-4-13-22-15-17/h4-5,7-13,15,19H,2-3,6,14H2,1H3,(H,23,25,27)/b12-9+. The number of nitrogens with one attached hydrogen (secondary N) is 1. The molecular formula is C21H23N3O2S. The summed E-state index contributed by atoms with van der Waals surface area (Å²) in [5.74, 6) is 0.552. The molecule has 27 heavy (non-hydrogen) atoms. The minimum absolute atomic E-state index is 0.158. The zero-order chi connectivity index (χ0) is 19.1. The molecule has 2 aromatic rings. The Hall–Kier alpha value is -2.73. The first-order chi connectivity index (χ1) is 13.2. The molecule has 1 amide bonds. The number of thiocarbonyl (C=S) groups is 1. The molecule has 3 rings (SSSR count). The third-order valence-electron chi connectivity index (χ3n) is 4.61. The first kappa shape index (κ1) is 19.0. The van der Waals surface area contributed by atoms with Gasteiger partial charge >= 0.3 is 0 Å². The van der Waals surface area contributed by atoms with E-state index in [0.29, 0.717) is 5.11 Å². The third-order valence-corrected chi connectivity index (χ3v) is 4.94. The van der Waals surface area contributed by atoms with Gasteiger partial charge in [0.05, 0.1) is 13.2 Å². The second-order valence-corrected chi connectivity index (χ2v) is 6.78. The van der Waals surface area contributed by atoms with Gasteiger partial charge in [0.1, 0.15) is 5.75 Å². The van der Waals surface area contributed by atoms with E-state index in [1.54, 1.807) is 19.4 Å². The molecule has 2 heterocycles. The summed E-state index contributed by atoms with van der Waals surface area (Å²) in [5, 5.41) is 3.29. The average Bonchev–Trinajstić information content (AvgIpc) is 2.73. The van der Waals surface area contributed by atoms with Crippen LogP contribution in [0.2, 0.25) is 0 Å². The molecule has 0 radical (unpaired) electrons. The highest BCUT2D eigenvalue weighted by molar-refractivity contribution is 7.80. The molecular weight excluding hydrogens is 358 g/mol. The molecule has 1 atom stereocenters. The van der Waals surface area contributed by atoms with Crippen molar-refractivity contribution in [1.82, 2.24) is 15.2 Å². The maximum atomic E-state index is 12.3. The molecule has 1 N–H and O–H groups in total. The van der Waals surface area contributed by atoms with E-state index in [-0.39, 0.29) is 11.9 Å². The van der Waals surface area contributed by atoms with E-state index in [4.69, 9.17) is 17.0 Å². The van der Waals surface area contributed by atoms with Crippen LogP contribution >= 0.6 is 12.2 Å². The van der Waals surface area contributed by atoms with E-state index in [1.807, 2.05) is 36.5 Å². The summed E-state index contributed by atoms with van der Waals surface area (Å²) in [4.78, 5) is 18.6. The molecule has 1 aromatic carbocycles.